The van der Waals surface area contributed by atoms with Crippen molar-refractivity contribution >= 4 is 17.1 Å². The third-order valence-corrected chi connectivity index (χ3v) is 6.13. The average Bonchev–Trinajstić information content (AvgIpc) is 3.28. The van der Waals surface area contributed by atoms with E-state index in [-0.39, 0.29) is 0 Å². The smallest absolute Gasteiger partial charge is 0.227 e. The molecule has 6 nitrogen and oxygen atoms in total. The molecule has 0 saturated carbocycles. The summed E-state index contributed by atoms with van der Waals surface area (Å²) in [5.41, 5.74) is 4.61. The van der Waals surface area contributed by atoms with Crippen LogP contribution in [0.4, 0.5) is 5.95 Å². The molecule has 3 atom stereocenters. The molecule has 2 aliphatic rings. The molecular formula is C20H24N6. The summed E-state index contributed by atoms with van der Waals surface area (Å²) in [5.74, 6) is 2.11. The van der Waals surface area contributed by atoms with E-state index < -0.39 is 0 Å². The highest BCUT2D eigenvalue weighted by Gasteiger charge is 2.47. The van der Waals surface area contributed by atoms with Gasteiger partial charge in [-0.1, -0.05) is 24.3 Å². The highest BCUT2D eigenvalue weighted by molar-refractivity contribution is 5.70. The lowest BCUT2D eigenvalue weighted by Crippen LogP contribution is -2.30. The van der Waals surface area contributed by atoms with Gasteiger partial charge in [-0.3, -0.25) is 4.90 Å². The van der Waals surface area contributed by atoms with E-state index in [9.17, 15) is 0 Å². The van der Waals surface area contributed by atoms with E-state index in [1.165, 1.54) is 11.1 Å². The molecule has 4 heterocycles. The van der Waals surface area contributed by atoms with Gasteiger partial charge in [-0.25, -0.2) is 9.97 Å². The molecule has 0 N–H and O–H groups in total. The number of likely N-dealkylation sites (tertiary alicyclic amines) is 1. The molecule has 134 valence electrons. The SMILES string of the molecule is Cc1ccccc1[C@H]1[C@@H]2CN(c3ncc4ncn(C)c4n3)C[C@@H]2CN1C. The Balaban J connectivity index is 1.46. The quantitative estimate of drug-likeness (QED) is 0.712. The van der Waals surface area contributed by atoms with E-state index in [2.05, 4.69) is 58.0 Å². The van der Waals surface area contributed by atoms with Crippen molar-refractivity contribution in [2.24, 2.45) is 18.9 Å². The van der Waals surface area contributed by atoms with Crippen LogP contribution < -0.4 is 4.90 Å². The zero-order valence-corrected chi connectivity index (χ0v) is 15.5. The van der Waals surface area contributed by atoms with Crippen molar-refractivity contribution < 1.29 is 0 Å². The first-order valence-corrected chi connectivity index (χ1v) is 9.26. The molecule has 0 radical (unpaired) electrons. The molecule has 0 unspecified atom stereocenters. The lowest BCUT2D eigenvalue weighted by molar-refractivity contribution is 0.278. The highest BCUT2D eigenvalue weighted by atomic mass is 15.3. The number of nitrogens with zero attached hydrogens (tertiary/aromatic N) is 6. The van der Waals surface area contributed by atoms with Crippen molar-refractivity contribution in [2.45, 2.75) is 13.0 Å². The number of fused-ring (bicyclic) bond motifs is 2. The molecule has 2 aliphatic heterocycles. The third-order valence-electron chi connectivity index (χ3n) is 6.13. The first kappa shape index (κ1) is 15.8. The molecule has 26 heavy (non-hydrogen) atoms. The maximum atomic E-state index is 4.78. The van der Waals surface area contributed by atoms with Crippen LogP contribution in [0.25, 0.3) is 11.2 Å². The monoisotopic (exact) mass is 348 g/mol. The van der Waals surface area contributed by atoms with Gasteiger partial charge in [-0.05, 0) is 31.0 Å². The molecular weight excluding hydrogens is 324 g/mol. The normalized spacial score (nSPS) is 26.0. The second-order valence-electron chi connectivity index (χ2n) is 7.80. The molecule has 2 aromatic heterocycles. The van der Waals surface area contributed by atoms with Crippen molar-refractivity contribution in [3.8, 4) is 0 Å². The number of anilines is 1. The summed E-state index contributed by atoms with van der Waals surface area (Å²) in [6, 6.07) is 9.29. The number of rotatable bonds is 2. The minimum absolute atomic E-state index is 0.478. The van der Waals surface area contributed by atoms with Crippen molar-refractivity contribution in [3.05, 3.63) is 47.9 Å². The van der Waals surface area contributed by atoms with Crippen LogP contribution in [-0.2, 0) is 7.05 Å². The van der Waals surface area contributed by atoms with Gasteiger partial charge >= 0.3 is 0 Å². The second-order valence-corrected chi connectivity index (χ2v) is 7.80. The zero-order chi connectivity index (χ0) is 17.8. The molecule has 0 amide bonds. The van der Waals surface area contributed by atoms with Gasteiger partial charge in [-0.15, -0.1) is 0 Å². The molecule has 0 bridgehead atoms. The summed E-state index contributed by atoms with van der Waals surface area (Å²) in [4.78, 5) is 18.6. The second kappa shape index (κ2) is 5.77. The largest absolute Gasteiger partial charge is 0.340 e. The van der Waals surface area contributed by atoms with E-state index in [0.29, 0.717) is 17.9 Å². The Labute approximate surface area is 153 Å². The van der Waals surface area contributed by atoms with Gasteiger partial charge < -0.3 is 9.47 Å². The fourth-order valence-corrected chi connectivity index (χ4v) is 4.87. The molecule has 2 fully saturated rings. The Bertz CT molecular complexity index is 964. The van der Waals surface area contributed by atoms with Gasteiger partial charge in [0.05, 0.1) is 12.5 Å². The topological polar surface area (TPSA) is 50.1 Å². The van der Waals surface area contributed by atoms with Crippen LogP contribution in [0.15, 0.2) is 36.8 Å². The number of aryl methyl sites for hydroxylation is 2. The summed E-state index contributed by atoms with van der Waals surface area (Å²) in [7, 11) is 4.24. The predicted octanol–water partition coefficient (Wildman–Crippen LogP) is 2.41. The molecule has 1 aromatic carbocycles. The van der Waals surface area contributed by atoms with E-state index in [1.807, 2.05) is 17.8 Å². The maximum Gasteiger partial charge on any atom is 0.227 e. The number of imidazole rings is 1. The van der Waals surface area contributed by atoms with Crippen LogP contribution in [0.2, 0.25) is 0 Å². The number of aromatic nitrogens is 4. The van der Waals surface area contributed by atoms with Crippen molar-refractivity contribution in [1.29, 1.82) is 0 Å². The van der Waals surface area contributed by atoms with Gasteiger partial charge in [0.15, 0.2) is 5.65 Å². The van der Waals surface area contributed by atoms with E-state index >= 15 is 0 Å². The number of hydrogen-bond donors (Lipinski definition) is 0. The van der Waals surface area contributed by atoms with Crippen LogP contribution in [0.3, 0.4) is 0 Å². The highest BCUT2D eigenvalue weighted by Crippen LogP contribution is 2.45. The van der Waals surface area contributed by atoms with E-state index in [4.69, 9.17) is 4.98 Å². The van der Waals surface area contributed by atoms with E-state index in [1.54, 1.807) is 6.33 Å². The van der Waals surface area contributed by atoms with Crippen LogP contribution in [0.5, 0.6) is 0 Å². The lowest BCUT2D eigenvalue weighted by Gasteiger charge is -2.28. The zero-order valence-electron chi connectivity index (χ0n) is 15.5. The number of benzene rings is 1. The molecule has 5 rings (SSSR count). The van der Waals surface area contributed by atoms with Gasteiger partial charge in [-0.2, -0.15) is 4.98 Å². The van der Waals surface area contributed by atoms with Gasteiger partial charge in [0.25, 0.3) is 0 Å². The fraction of sp³-hybridized carbons (Fsp3) is 0.450. The summed E-state index contributed by atoms with van der Waals surface area (Å²) in [6.07, 6.45) is 3.64. The maximum absolute atomic E-state index is 4.78. The third kappa shape index (κ3) is 2.32. The summed E-state index contributed by atoms with van der Waals surface area (Å²) in [6.45, 7) is 5.40. The first-order chi connectivity index (χ1) is 12.6. The van der Waals surface area contributed by atoms with Crippen LogP contribution in [-0.4, -0.2) is 51.1 Å². The Morgan fingerprint density at radius 2 is 1.88 bits per heavy atom. The molecule has 6 heteroatoms. The Kier molecular flexibility index (Phi) is 3.50. The van der Waals surface area contributed by atoms with E-state index in [0.717, 1.165) is 36.7 Å². The standard InChI is InChI=1S/C20H24N6/c1-13-6-4-5-7-15(13)18-16-11-26(10-14(16)9-24(18)2)20-21-8-17-19(23-20)25(3)12-22-17/h4-8,12,14,16,18H,9-11H2,1-3H3/t14-,16+,18-/m0/s1. The molecule has 0 spiro atoms. The Hall–Kier alpha value is -2.47. The van der Waals surface area contributed by atoms with Crippen molar-refractivity contribution in [1.82, 2.24) is 24.4 Å². The van der Waals surface area contributed by atoms with Gasteiger partial charge in [0.1, 0.15) is 5.52 Å². The first-order valence-electron chi connectivity index (χ1n) is 9.26. The summed E-state index contributed by atoms with van der Waals surface area (Å²) < 4.78 is 1.96. The fourth-order valence-electron chi connectivity index (χ4n) is 4.87. The average molecular weight is 348 g/mol. The number of hydrogen-bond acceptors (Lipinski definition) is 5. The molecule has 0 aliphatic carbocycles. The lowest BCUT2D eigenvalue weighted by atomic mass is 9.88. The van der Waals surface area contributed by atoms with Crippen molar-refractivity contribution in [3.63, 3.8) is 0 Å². The molecule has 2 saturated heterocycles. The van der Waals surface area contributed by atoms with Gasteiger partial charge in [0, 0.05) is 38.6 Å². The Morgan fingerprint density at radius 3 is 2.73 bits per heavy atom. The minimum Gasteiger partial charge on any atom is -0.340 e. The Morgan fingerprint density at radius 1 is 1.04 bits per heavy atom. The minimum atomic E-state index is 0.478. The van der Waals surface area contributed by atoms with Crippen LogP contribution in [0, 0.1) is 18.8 Å². The summed E-state index contributed by atoms with van der Waals surface area (Å²) >= 11 is 0. The van der Waals surface area contributed by atoms with Crippen LogP contribution >= 0.6 is 0 Å². The summed E-state index contributed by atoms with van der Waals surface area (Å²) in [5, 5.41) is 0. The predicted molar refractivity (Wildman–Crippen MR) is 102 cm³/mol. The van der Waals surface area contributed by atoms with Gasteiger partial charge in [0.2, 0.25) is 5.95 Å². The van der Waals surface area contributed by atoms with Crippen molar-refractivity contribution in [2.75, 3.05) is 31.6 Å². The molecule has 3 aromatic rings. The van der Waals surface area contributed by atoms with Crippen LogP contribution in [0.1, 0.15) is 17.2 Å².